The van der Waals surface area contributed by atoms with Gasteiger partial charge in [-0.05, 0) is 57.1 Å². The first-order chi connectivity index (χ1) is 13.3. The molecule has 0 atom stereocenters. The highest BCUT2D eigenvalue weighted by Gasteiger charge is 2.31. The molecule has 1 amide bonds. The van der Waals surface area contributed by atoms with Gasteiger partial charge in [0.25, 0.3) is 0 Å². The summed E-state index contributed by atoms with van der Waals surface area (Å²) in [6.07, 6.45) is 10.6. The molecule has 0 bridgehead atoms. The number of allylic oxidation sites excluding steroid dienone is 1. The number of amides is 1. The zero-order chi connectivity index (χ0) is 18.5. The van der Waals surface area contributed by atoms with Gasteiger partial charge in [0, 0.05) is 18.2 Å². The maximum atomic E-state index is 12.3. The molecule has 0 spiro atoms. The van der Waals surface area contributed by atoms with Gasteiger partial charge in [-0.15, -0.1) is 10.2 Å². The molecule has 2 aliphatic rings. The lowest BCUT2D eigenvalue weighted by Crippen LogP contribution is -2.26. The summed E-state index contributed by atoms with van der Waals surface area (Å²) in [7, 11) is 0. The molecule has 1 aromatic heterocycles. The van der Waals surface area contributed by atoms with Gasteiger partial charge in [0.2, 0.25) is 5.91 Å². The van der Waals surface area contributed by atoms with E-state index in [2.05, 4.69) is 38.3 Å². The zero-order valence-corrected chi connectivity index (χ0v) is 16.4. The second-order valence-corrected chi connectivity index (χ2v) is 8.23. The van der Waals surface area contributed by atoms with Gasteiger partial charge in [0.15, 0.2) is 5.16 Å². The molecule has 0 unspecified atom stereocenters. The van der Waals surface area contributed by atoms with Crippen LogP contribution < -0.4 is 5.32 Å². The first kappa shape index (κ1) is 18.3. The van der Waals surface area contributed by atoms with E-state index in [1.54, 1.807) is 0 Å². The van der Waals surface area contributed by atoms with Gasteiger partial charge in [-0.3, -0.25) is 9.36 Å². The van der Waals surface area contributed by atoms with Crippen LogP contribution in [0.1, 0.15) is 56.7 Å². The minimum atomic E-state index is 0.0620. The van der Waals surface area contributed by atoms with Crippen molar-refractivity contribution in [1.82, 2.24) is 20.1 Å². The number of thioether (sulfide) groups is 1. The summed E-state index contributed by atoms with van der Waals surface area (Å²) in [5.41, 5.74) is 2.56. The number of carbonyl (C=O) groups is 1. The number of carbonyl (C=O) groups excluding carboxylic acids is 1. The Labute approximate surface area is 164 Å². The predicted molar refractivity (Wildman–Crippen MR) is 108 cm³/mol. The summed E-state index contributed by atoms with van der Waals surface area (Å²) in [5, 5.41) is 12.6. The van der Waals surface area contributed by atoms with Crippen molar-refractivity contribution in [2.75, 3.05) is 12.3 Å². The Morgan fingerprint density at radius 3 is 2.78 bits per heavy atom. The first-order valence-electron chi connectivity index (χ1n) is 9.89. The Hall–Kier alpha value is -2.08. The molecule has 5 nitrogen and oxygen atoms in total. The molecule has 1 N–H and O–H groups in total. The molecular formula is C21H26N4OS. The summed E-state index contributed by atoms with van der Waals surface area (Å²) in [6, 6.07) is 10.2. The van der Waals surface area contributed by atoms with Crippen molar-refractivity contribution in [1.29, 1.82) is 0 Å². The van der Waals surface area contributed by atoms with E-state index >= 15 is 0 Å². The van der Waals surface area contributed by atoms with Crippen LogP contribution in [0.2, 0.25) is 0 Å². The highest BCUT2D eigenvalue weighted by atomic mass is 32.2. The average molecular weight is 383 g/mol. The standard InChI is InChI=1S/C21H26N4OS/c26-19(22-14-13-16-7-3-1-4-8-16)15-27-21-24-23-20(17-11-12-17)25(21)18-9-5-2-6-10-18/h2,5-7,9-10,17H,1,3-4,8,11-15H2,(H,22,26). The Balaban J connectivity index is 1.34. The van der Waals surface area contributed by atoms with E-state index in [0.29, 0.717) is 11.7 Å². The highest BCUT2D eigenvalue weighted by molar-refractivity contribution is 7.99. The molecule has 4 rings (SSSR count). The number of para-hydroxylation sites is 1. The lowest BCUT2D eigenvalue weighted by molar-refractivity contribution is -0.118. The maximum Gasteiger partial charge on any atom is 0.230 e. The molecule has 0 aliphatic heterocycles. The van der Waals surface area contributed by atoms with Crippen LogP contribution in [-0.4, -0.2) is 33.0 Å². The van der Waals surface area contributed by atoms with Gasteiger partial charge >= 0.3 is 0 Å². The number of rotatable bonds is 8. The fraction of sp³-hybridized carbons (Fsp3) is 0.476. The molecule has 142 valence electrons. The quantitative estimate of drug-likeness (QED) is 0.548. The number of aromatic nitrogens is 3. The van der Waals surface area contributed by atoms with Gasteiger partial charge in [0.1, 0.15) is 5.82 Å². The van der Waals surface area contributed by atoms with E-state index < -0.39 is 0 Å². The van der Waals surface area contributed by atoms with E-state index in [9.17, 15) is 4.79 Å². The van der Waals surface area contributed by atoms with Gasteiger partial charge in [-0.25, -0.2) is 0 Å². The second-order valence-electron chi connectivity index (χ2n) is 7.28. The van der Waals surface area contributed by atoms with Crippen LogP contribution in [0.4, 0.5) is 0 Å². The van der Waals surface area contributed by atoms with Crippen LogP contribution in [0.25, 0.3) is 5.69 Å². The molecule has 6 heteroatoms. The van der Waals surface area contributed by atoms with Gasteiger partial charge in [-0.1, -0.05) is 41.6 Å². The maximum absolute atomic E-state index is 12.3. The van der Waals surface area contributed by atoms with Crippen molar-refractivity contribution in [3.8, 4) is 5.69 Å². The summed E-state index contributed by atoms with van der Waals surface area (Å²) in [5.74, 6) is 1.96. The SMILES string of the molecule is O=C(CSc1nnc(C2CC2)n1-c1ccccc1)NCCC1=CCCCC1. The molecule has 1 heterocycles. The van der Waals surface area contributed by atoms with E-state index in [0.717, 1.165) is 29.6 Å². The molecule has 2 aliphatic carbocycles. The predicted octanol–water partition coefficient (Wildman–Crippen LogP) is 4.24. The summed E-state index contributed by atoms with van der Waals surface area (Å²) < 4.78 is 2.11. The molecule has 0 saturated heterocycles. The second kappa shape index (κ2) is 8.74. The van der Waals surface area contributed by atoms with E-state index in [4.69, 9.17) is 0 Å². The molecule has 1 aromatic carbocycles. The number of hydrogen-bond donors (Lipinski definition) is 1. The van der Waals surface area contributed by atoms with E-state index in [1.165, 1.54) is 55.9 Å². The molecule has 2 aromatic rings. The van der Waals surface area contributed by atoms with Crippen LogP contribution in [-0.2, 0) is 4.79 Å². The van der Waals surface area contributed by atoms with Crippen molar-refractivity contribution >= 4 is 17.7 Å². The molecule has 1 fully saturated rings. The van der Waals surface area contributed by atoms with Gasteiger partial charge < -0.3 is 5.32 Å². The van der Waals surface area contributed by atoms with Crippen LogP contribution in [0.3, 0.4) is 0 Å². The van der Waals surface area contributed by atoms with Crippen LogP contribution >= 0.6 is 11.8 Å². The number of nitrogens with zero attached hydrogens (tertiary/aromatic N) is 3. The van der Waals surface area contributed by atoms with Crippen molar-refractivity contribution < 1.29 is 4.79 Å². The summed E-state index contributed by atoms with van der Waals surface area (Å²) >= 11 is 1.46. The highest BCUT2D eigenvalue weighted by Crippen LogP contribution is 2.41. The van der Waals surface area contributed by atoms with E-state index in [1.807, 2.05) is 18.2 Å². The van der Waals surface area contributed by atoms with Crippen LogP contribution in [0, 0.1) is 0 Å². The first-order valence-corrected chi connectivity index (χ1v) is 10.9. The Bertz CT molecular complexity index is 811. The van der Waals surface area contributed by atoms with Crippen molar-refractivity contribution in [2.24, 2.45) is 0 Å². The number of nitrogens with one attached hydrogen (secondary N) is 1. The van der Waals surface area contributed by atoms with Crippen LogP contribution in [0.5, 0.6) is 0 Å². The fourth-order valence-corrected chi connectivity index (χ4v) is 4.26. The third-order valence-corrected chi connectivity index (χ3v) is 6.03. The molecule has 1 saturated carbocycles. The number of hydrogen-bond acceptors (Lipinski definition) is 4. The molecular weight excluding hydrogens is 356 g/mol. The zero-order valence-electron chi connectivity index (χ0n) is 15.6. The van der Waals surface area contributed by atoms with Crippen molar-refractivity contribution in [3.05, 3.63) is 47.8 Å². The normalized spacial score (nSPS) is 16.8. The van der Waals surface area contributed by atoms with Gasteiger partial charge in [-0.2, -0.15) is 0 Å². The van der Waals surface area contributed by atoms with Crippen molar-refractivity contribution in [3.63, 3.8) is 0 Å². The topological polar surface area (TPSA) is 59.8 Å². The summed E-state index contributed by atoms with van der Waals surface area (Å²) in [4.78, 5) is 12.3. The lowest BCUT2D eigenvalue weighted by Gasteiger charge is -2.13. The molecule has 27 heavy (non-hydrogen) atoms. The molecule has 0 radical (unpaired) electrons. The fourth-order valence-electron chi connectivity index (χ4n) is 3.48. The monoisotopic (exact) mass is 382 g/mol. The number of benzene rings is 1. The summed E-state index contributed by atoms with van der Waals surface area (Å²) in [6.45, 7) is 0.726. The largest absolute Gasteiger partial charge is 0.355 e. The third kappa shape index (κ3) is 4.80. The van der Waals surface area contributed by atoms with Crippen molar-refractivity contribution in [2.45, 2.75) is 56.0 Å². The minimum absolute atomic E-state index is 0.0620. The lowest BCUT2D eigenvalue weighted by atomic mass is 9.97. The minimum Gasteiger partial charge on any atom is -0.355 e. The Morgan fingerprint density at radius 1 is 1.19 bits per heavy atom. The van der Waals surface area contributed by atoms with Crippen LogP contribution in [0.15, 0.2) is 47.1 Å². The third-order valence-electron chi connectivity index (χ3n) is 5.10. The van der Waals surface area contributed by atoms with E-state index in [-0.39, 0.29) is 5.91 Å². The van der Waals surface area contributed by atoms with Gasteiger partial charge in [0.05, 0.1) is 5.75 Å². The Kier molecular flexibility index (Phi) is 5.92. The Morgan fingerprint density at radius 2 is 2.04 bits per heavy atom. The average Bonchev–Trinajstić information content (AvgIpc) is 3.47. The smallest absolute Gasteiger partial charge is 0.230 e.